The molecule has 2 aromatic rings. The molecule has 0 aliphatic rings. The van der Waals surface area contributed by atoms with E-state index in [1.165, 1.54) is 29.6 Å². The summed E-state index contributed by atoms with van der Waals surface area (Å²) in [4.78, 5) is 47.5. The van der Waals surface area contributed by atoms with E-state index in [0.29, 0.717) is 10.6 Å². The molecule has 10 heteroatoms. The fourth-order valence-corrected chi connectivity index (χ4v) is 3.76. The van der Waals surface area contributed by atoms with Crippen molar-refractivity contribution in [3.63, 3.8) is 0 Å². The van der Waals surface area contributed by atoms with Gasteiger partial charge in [-0.3, -0.25) is 14.9 Å². The lowest BCUT2D eigenvalue weighted by molar-refractivity contribution is -0.123. The quantitative estimate of drug-likeness (QED) is 0.727. The molecule has 0 aliphatic heterocycles. The Morgan fingerprint density at radius 2 is 1.92 bits per heavy atom. The van der Waals surface area contributed by atoms with E-state index in [1.54, 1.807) is 12.3 Å². The normalized spacial score (nSPS) is 10.1. The first-order valence-corrected chi connectivity index (χ1v) is 9.25. The van der Waals surface area contributed by atoms with Gasteiger partial charge in [0, 0.05) is 22.7 Å². The minimum atomic E-state index is -0.915. The summed E-state index contributed by atoms with van der Waals surface area (Å²) >= 11 is 2.61. The van der Waals surface area contributed by atoms with Crippen molar-refractivity contribution in [3.05, 3.63) is 28.5 Å². The summed E-state index contributed by atoms with van der Waals surface area (Å²) in [5.41, 5.74) is 0.765. The minimum absolute atomic E-state index is 0.109. The van der Waals surface area contributed by atoms with Crippen LogP contribution < -0.4 is 10.6 Å². The number of esters is 1. The number of carbonyl (C=O) groups excluding carboxylic acids is 4. The highest BCUT2D eigenvalue weighted by molar-refractivity contribution is 7.17. The van der Waals surface area contributed by atoms with E-state index in [9.17, 15) is 19.2 Å². The van der Waals surface area contributed by atoms with Crippen LogP contribution in [0.2, 0.25) is 0 Å². The molecule has 138 valence electrons. The van der Waals surface area contributed by atoms with E-state index < -0.39 is 24.6 Å². The number of ether oxygens (including phenoxy) is 2. The molecule has 2 N–H and O–H groups in total. The summed E-state index contributed by atoms with van der Waals surface area (Å²) in [5, 5.41) is 8.42. The van der Waals surface area contributed by atoms with Crippen molar-refractivity contribution in [1.82, 2.24) is 5.32 Å². The SMILES string of the molecule is CCOC(=O)NC(=O)COC(=O)c1c(-c2cccs2)csc1NC(C)=O. The van der Waals surface area contributed by atoms with Gasteiger partial charge in [0.05, 0.1) is 6.61 Å². The second kappa shape index (κ2) is 9.11. The van der Waals surface area contributed by atoms with Crippen LogP contribution in [-0.2, 0) is 19.1 Å². The standard InChI is InChI=1S/C16H16N2O6S2/c1-3-23-16(22)18-12(20)7-24-15(21)13-10(11-5-4-6-25-11)8-26-14(13)17-9(2)19/h4-6,8H,3,7H2,1-2H3,(H,17,19)(H,18,20,22). The van der Waals surface area contributed by atoms with Crippen LogP contribution in [0.4, 0.5) is 9.80 Å². The topological polar surface area (TPSA) is 111 Å². The Kier molecular flexibility index (Phi) is 6.87. The molecule has 0 fully saturated rings. The number of rotatable bonds is 6. The van der Waals surface area contributed by atoms with Crippen molar-refractivity contribution < 1.29 is 28.7 Å². The molecule has 0 spiro atoms. The molecule has 0 saturated heterocycles. The van der Waals surface area contributed by atoms with Gasteiger partial charge in [0.1, 0.15) is 10.6 Å². The third-order valence-electron chi connectivity index (χ3n) is 2.92. The lowest BCUT2D eigenvalue weighted by Crippen LogP contribution is -2.34. The highest BCUT2D eigenvalue weighted by Crippen LogP contribution is 2.38. The Labute approximate surface area is 157 Å². The fraction of sp³-hybridized carbons (Fsp3) is 0.250. The number of nitrogens with one attached hydrogen (secondary N) is 2. The summed E-state index contributed by atoms with van der Waals surface area (Å²) in [5.74, 6) is -1.93. The van der Waals surface area contributed by atoms with E-state index in [1.807, 2.05) is 22.8 Å². The number of alkyl carbamates (subject to hydrolysis) is 1. The van der Waals surface area contributed by atoms with Crippen molar-refractivity contribution in [3.8, 4) is 10.4 Å². The van der Waals surface area contributed by atoms with Gasteiger partial charge in [0.2, 0.25) is 5.91 Å². The first kappa shape index (κ1) is 19.6. The van der Waals surface area contributed by atoms with Crippen LogP contribution in [-0.4, -0.2) is 37.1 Å². The third kappa shape index (κ3) is 5.14. The van der Waals surface area contributed by atoms with Crippen LogP contribution >= 0.6 is 22.7 Å². The third-order valence-corrected chi connectivity index (χ3v) is 4.72. The Morgan fingerprint density at radius 1 is 1.15 bits per heavy atom. The van der Waals surface area contributed by atoms with Crippen LogP contribution in [0.25, 0.3) is 10.4 Å². The maximum absolute atomic E-state index is 12.5. The van der Waals surface area contributed by atoms with E-state index >= 15 is 0 Å². The van der Waals surface area contributed by atoms with Gasteiger partial charge in [-0.1, -0.05) is 6.07 Å². The summed E-state index contributed by atoms with van der Waals surface area (Å²) < 4.78 is 9.56. The molecule has 0 atom stereocenters. The first-order chi connectivity index (χ1) is 12.4. The molecule has 0 aliphatic carbocycles. The maximum atomic E-state index is 12.5. The molecule has 2 aromatic heterocycles. The van der Waals surface area contributed by atoms with Gasteiger partial charge in [-0.25, -0.2) is 9.59 Å². The monoisotopic (exact) mass is 396 g/mol. The van der Waals surface area contributed by atoms with E-state index in [0.717, 1.165) is 4.88 Å². The van der Waals surface area contributed by atoms with Gasteiger partial charge >= 0.3 is 12.1 Å². The summed E-state index contributed by atoms with van der Waals surface area (Å²) in [7, 11) is 0. The summed E-state index contributed by atoms with van der Waals surface area (Å²) in [6, 6.07) is 3.66. The lowest BCUT2D eigenvalue weighted by Gasteiger charge is -2.08. The van der Waals surface area contributed by atoms with E-state index in [-0.39, 0.29) is 18.1 Å². The largest absolute Gasteiger partial charge is 0.452 e. The van der Waals surface area contributed by atoms with Crippen LogP contribution in [0.3, 0.4) is 0 Å². The molecule has 0 unspecified atom stereocenters. The van der Waals surface area contributed by atoms with Crippen molar-refractivity contribution in [2.45, 2.75) is 13.8 Å². The number of carbonyl (C=O) groups is 4. The molecule has 8 nitrogen and oxygen atoms in total. The van der Waals surface area contributed by atoms with E-state index in [2.05, 4.69) is 10.1 Å². The van der Waals surface area contributed by atoms with Gasteiger partial charge in [-0.05, 0) is 18.4 Å². The molecule has 0 aromatic carbocycles. The molecular formula is C16H16N2O6S2. The Bertz CT molecular complexity index is 813. The van der Waals surface area contributed by atoms with E-state index in [4.69, 9.17) is 4.74 Å². The average Bonchev–Trinajstić information content (AvgIpc) is 3.21. The van der Waals surface area contributed by atoms with Gasteiger partial charge in [0.15, 0.2) is 6.61 Å². The van der Waals surface area contributed by atoms with Gasteiger partial charge in [0.25, 0.3) is 5.91 Å². The van der Waals surface area contributed by atoms with Crippen LogP contribution in [0.15, 0.2) is 22.9 Å². The van der Waals surface area contributed by atoms with Crippen LogP contribution in [0, 0.1) is 0 Å². The Hall–Kier alpha value is -2.72. The highest BCUT2D eigenvalue weighted by Gasteiger charge is 2.24. The van der Waals surface area contributed by atoms with Crippen molar-refractivity contribution in [1.29, 1.82) is 0 Å². The van der Waals surface area contributed by atoms with Crippen molar-refractivity contribution in [2.24, 2.45) is 0 Å². The Morgan fingerprint density at radius 3 is 2.54 bits per heavy atom. The molecule has 0 saturated carbocycles. The molecule has 0 bridgehead atoms. The molecule has 26 heavy (non-hydrogen) atoms. The average molecular weight is 396 g/mol. The Balaban J connectivity index is 2.13. The second-order valence-electron chi connectivity index (χ2n) is 4.86. The maximum Gasteiger partial charge on any atom is 0.413 e. The molecular weight excluding hydrogens is 380 g/mol. The predicted molar refractivity (Wildman–Crippen MR) is 97.4 cm³/mol. The zero-order chi connectivity index (χ0) is 19.1. The number of anilines is 1. The minimum Gasteiger partial charge on any atom is -0.452 e. The summed E-state index contributed by atoms with van der Waals surface area (Å²) in [6.45, 7) is 2.37. The zero-order valence-corrected chi connectivity index (χ0v) is 15.6. The van der Waals surface area contributed by atoms with Crippen molar-refractivity contribution >= 4 is 51.6 Å². The van der Waals surface area contributed by atoms with Gasteiger partial charge < -0.3 is 14.8 Å². The number of hydrogen-bond donors (Lipinski definition) is 2. The number of imide groups is 1. The van der Waals surface area contributed by atoms with Crippen LogP contribution in [0.5, 0.6) is 0 Å². The molecule has 2 heterocycles. The van der Waals surface area contributed by atoms with Gasteiger partial charge in [-0.2, -0.15) is 0 Å². The highest BCUT2D eigenvalue weighted by atomic mass is 32.1. The molecule has 3 amide bonds. The number of amides is 3. The summed E-state index contributed by atoms with van der Waals surface area (Å²) in [6.07, 6.45) is -0.915. The molecule has 2 rings (SSSR count). The second-order valence-corrected chi connectivity index (χ2v) is 6.68. The first-order valence-electron chi connectivity index (χ1n) is 7.49. The predicted octanol–water partition coefficient (Wildman–Crippen LogP) is 2.86. The molecule has 0 radical (unpaired) electrons. The zero-order valence-electron chi connectivity index (χ0n) is 14.0. The van der Waals surface area contributed by atoms with Crippen molar-refractivity contribution in [2.75, 3.05) is 18.5 Å². The number of thiophene rings is 2. The van der Waals surface area contributed by atoms with Crippen LogP contribution in [0.1, 0.15) is 24.2 Å². The fourth-order valence-electron chi connectivity index (χ4n) is 1.95. The van der Waals surface area contributed by atoms with Gasteiger partial charge in [-0.15, -0.1) is 22.7 Å². The smallest absolute Gasteiger partial charge is 0.413 e. The number of hydrogen-bond acceptors (Lipinski definition) is 8. The lowest BCUT2D eigenvalue weighted by atomic mass is 10.1.